The Bertz CT molecular complexity index is 699. The van der Waals surface area contributed by atoms with E-state index in [2.05, 4.69) is 10.5 Å². The molecule has 1 amide bonds. The highest BCUT2D eigenvalue weighted by atomic mass is 16.5. The molecule has 0 aliphatic carbocycles. The van der Waals surface area contributed by atoms with E-state index in [4.69, 9.17) is 9.47 Å². The van der Waals surface area contributed by atoms with Crippen molar-refractivity contribution < 1.29 is 19.4 Å². The largest absolute Gasteiger partial charge is 0.504 e. The Morgan fingerprint density at radius 3 is 2.65 bits per heavy atom. The lowest BCUT2D eigenvalue weighted by atomic mass is 10.1. The number of nitrogens with one attached hydrogen (secondary N) is 1. The Balaban J connectivity index is 1.92. The SMILES string of the molecule is COc1cc(/C(C)=N/NC(=O)COc2ccccc2)ccc1O. The summed E-state index contributed by atoms with van der Waals surface area (Å²) in [5.41, 5.74) is 3.73. The molecule has 2 N–H and O–H groups in total. The minimum absolute atomic E-state index is 0.0457. The van der Waals surface area contributed by atoms with E-state index in [0.29, 0.717) is 17.2 Å². The Kier molecular flexibility index (Phi) is 5.57. The molecule has 6 heteroatoms. The summed E-state index contributed by atoms with van der Waals surface area (Å²) in [4.78, 5) is 11.7. The molecule has 0 spiro atoms. The molecule has 23 heavy (non-hydrogen) atoms. The summed E-state index contributed by atoms with van der Waals surface area (Å²) in [6, 6.07) is 13.9. The molecule has 120 valence electrons. The van der Waals surface area contributed by atoms with Crippen LogP contribution in [-0.2, 0) is 4.79 Å². The quantitative estimate of drug-likeness (QED) is 0.633. The van der Waals surface area contributed by atoms with Crippen molar-refractivity contribution in [2.45, 2.75) is 6.92 Å². The van der Waals surface area contributed by atoms with E-state index in [1.807, 2.05) is 18.2 Å². The molecule has 0 unspecified atom stereocenters. The van der Waals surface area contributed by atoms with Crippen molar-refractivity contribution in [3.05, 3.63) is 54.1 Å². The van der Waals surface area contributed by atoms with Crippen LogP contribution in [0.15, 0.2) is 53.6 Å². The number of hydrogen-bond donors (Lipinski definition) is 2. The molecule has 0 aromatic heterocycles. The zero-order chi connectivity index (χ0) is 16.7. The first kappa shape index (κ1) is 16.4. The molecule has 0 radical (unpaired) electrons. The number of hydrogen-bond acceptors (Lipinski definition) is 5. The van der Waals surface area contributed by atoms with Crippen LogP contribution in [-0.4, -0.2) is 30.4 Å². The molecule has 2 aromatic rings. The number of nitrogens with zero attached hydrogens (tertiary/aromatic N) is 1. The summed E-state index contributed by atoms with van der Waals surface area (Å²) in [6.07, 6.45) is 0. The molecule has 0 aliphatic rings. The van der Waals surface area contributed by atoms with Crippen LogP contribution in [0.3, 0.4) is 0 Å². The third-order valence-corrected chi connectivity index (χ3v) is 3.06. The zero-order valence-electron chi connectivity index (χ0n) is 12.9. The van der Waals surface area contributed by atoms with Crippen LogP contribution < -0.4 is 14.9 Å². The second-order valence-electron chi connectivity index (χ2n) is 4.72. The lowest BCUT2D eigenvalue weighted by Crippen LogP contribution is -2.25. The number of phenolic OH excluding ortho intramolecular Hbond substituents is 1. The van der Waals surface area contributed by atoms with Gasteiger partial charge in [0.1, 0.15) is 5.75 Å². The summed E-state index contributed by atoms with van der Waals surface area (Å²) in [5, 5.41) is 13.6. The maximum absolute atomic E-state index is 11.7. The third-order valence-electron chi connectivity index (χ3n) is 3.06. The molecular formula is C17H18N2O4. The number of ether oxygens (including phenoxy) is 2. The molecule has 6 nitrogen and oxygen atoms in total. The number of hydrazone groups is 1. The molecule has 0 aliphatic heterocycles. The van der Waals surface area contributed by atoms with Crippen molar-refractivity contribution in [3.63, 3.8) is 0 Å². The van der Waals surface area contributed by atoms with Crippen molar-refractivity contribution in [1.82, 2.24) is 5.43 Å². The minimum Gasteiger partial charge on any atom is -0.504 e. The average molecular weight is 314 g/mol. The maximum atomic E-state index is 11.7. The molecule has 0 heterocycles. The van der Waals surface area contributed by atoms with E-state index in [1.54, 1.807) is 31.2 Å². The van der Waals surface area contributed by atoms with Gasteiger partial charge in [-0.2, -0.15) is 5.10 Å². The lowest BCUT2D eigenvalue weighted by Gasteiger charge is -2.07. The minimum atomic E-state index is -0.362. The second kappa shape index (κ2) is 7.84. The summed E-state index contributed by atoms with van der Waals surface area (Å²) in [6.45, 7) is 1.61. The second-order valence-corrected chi connectivity index (χ2v) is 4.72. The van der Waals surface area contributed by atoms with Crippen molar-refractivity contribution in [1.29, 1.82) is 0 Å². The maximum Gasteiger partial charge on any atom is 0.277 e. The van der Waals surface area contributed by atoms with Crippen molar-refractivity contribution in [2.24, 2.45) is 5.10 Å². The number of carbonyl (C=O) groups is 1. The van der Waals surface area contributed by atoms with E-state index < -0.39 is 0 Å². The Labute approximate surface area is 134 Å². The molecular weight excluding hydrogens is 296 g/mol. The molecule has 0 fully saturated rings. The highest BCUT2D eigenvalue weighted by Crippen LogP contribution is 2.26. The average Bonchev–Trinajstić information content (AvgIpc) is 2.59. The first-order chi connectivity index (χ1) is 11.1. The predicted octanol–water partition coefficient (Wildman–Crippen LogP) is 2.32. The van der Waals surface area contributed by atoms with Gasteiger partial charge >= 0.3 is 0 Å². The zero-order valence-corrected chi connectivity index (χ0v) is 12.9. The van der Waals surface area contributed by atoms with E-state index in [0.717, 1.165) is 5.56 Å². The first-order valence-electron chi connectivity index (χ1n) is 6.98. The van der Waals surface area contributed by atoms with Gasteiger partial charge in [0.25, 0.3) is 5.91 Å². The summed E-state index contributed by atoms with van der Waals surface area (Å²) < 4.78 is 10.4. The summed E-state index contributed by atoms with van der Waals surface area (Å²) >= 11 is 0. The van der Waals surface area contributed by atoms with Gasteiger partial charge in [0.15, 0.2) is 18.1 Å². The van der Waals surface area contributed by atoms with Gasteiger partial charge < -0.3 is 14.6 Å². The van der Waals surface area contributed by atoms with Crippen LogP contribution in [0.1, 0.15) is 12.5 Å². The molecule has 2 rings (SSSR count). The van der Waals surface area contributed by atoms with Crippen LogP contribution in [0.2, 0.25) is 0 Å². The molecule has 0 saturated carbocycles. The van der Waals surface area contributed by atoms with E-state index in [-0.39, 0.29) is 18.3 Å². The number of carbonyl (C=O) groups excluding carboxylic acids is 1. The smallest absolute Gasteiger partial charge is 0.277 e. The van der Waals surface area contributed by atoms with E-state index >= 15 is 0 Å². The Morgan fingerprint density at radius 1 is 1.22 bits per heavy atom. The number of benzene rings is 2. The van der Waals surface area contributed by atoms with Gasteiger partial charge in [0.05, 0.1) is 12.8 Å². The highest BCUT2D eigenvalue weighted by Gasteiger charge is 2.06. The molecule has 0 atom stereocenters. The van der Waals surface area contributed by atoms with E-state index in [9.17, 15) is 9.90 Å². The number of amides is 1. The lowest BCUT2D eigenvalue weighted by molar-refractivity contribution is -0.123. The number of rotatable bonds is 6. The number of phenols is 1. The van der Waals surface area contributed by atoms with Crippen LogP contribution in [0, 0.1) is 0 Å². The van der Waals surface area contributed by atoms with Gasteiger partial charge in [0.2, 0.25) is 0 Å². The van der Waals surface area contributed by atoms with Gasteiger partial charge in [-0.05, 0) is 37.3 Å². The Morgan fingerprint density at radius 2 is 1.96 bits per heavy atom. The highest BCUT2D eigenvalue weighted by molar-refractivity contribution is 5.99. The van der Waals surface area contributed by atoms with Crippen LogP contribution in [0.25, 0.3) is 0 Å². The fraction of sp³-hybridized carbons (Fsp3) is 0.176. The van der Waals surface area contributed by atoms with Crippen molar-refractivity contribution >= 4 is 11.6 Å². The van der Waals surface area contributed by atoms with Gasteiger partial charge in [-0.3, -0.25) is 4.79 Å². The van der Waals surface area contributed by atoms with Gasteiger partial charge in [-0.15, -0.1) is 0 Å². The topological polar surface area (TPSA) is 80.2 Å². The normalized spacial score (nSPS) is 11.0. The molecule has 2 aromatic carbocycles. The molecule has 0 bridgehead atoms. The Hall–Kier alpha value is -3.02. The van der Waals surface area contributed by atoms with Gasteiger partial charge in [-0.1, -0.05) is 18.2 Å². The number of methoxy groups -OCH3 is 1. The standard InChI is InChI=1S/C17H18N2O4/c1-12(13-8-9-15(20)16(10-13)22-2)18-19-17(21)11-23-14-6-4-3-5-7-14/h3-10,20H,11H2,1-2H3,(H,19,21)/b18-12+. The third kappa shape index (κ3) is 4.74. The van der Waals surface area contributed by atoms with Crippen LogP contribution in [0.5, 0.6) is 17.2 Å². The number of para-hydroxylation sites is 1. The van der Waals surface area contributed by atoms with E-state index in [1.165, 1.54) is 13.2 Å². The van der Waals surface area contributed by atoms with Crippen LogP contribution >= 0.6 is 0 Å². The van der Waals surface area contributed by atoms with Gasteiger partial charge in [0, 0.05) is 5.56 Å². The fourth-order valence-electron chi connectivity index (χ4n) is 1.81. The number of aromatic hydroxyl groups is 1. The monoisotopic (exact) mass is 314 g/mol. The summed E-state index contributed by atoms with van der Waals surface area (Å²) in [7, 11) is 1.47. The predicted molar refractivity (Wildman–Crippen MR) is 86.9 cm³/mol. The summed E-state index contributed by atoms with van der Waals surface area (Å²) in [5.74, 6) is 0.644. The molecule has 0 saturated heterocycles. The fourth-order valence-corrected chi connectivity index (χ4v) is 1.81. The van der Waals surface area contributed by atoms with Gasteiger partial charge in [-0.25, -0.2) is 5.43 Å². The van der Waals surface area contributed by atoms with Crippen LogP contribution in [0.4, 0.5) is 0 Å². The first-order valence-corrected chi connectivity index (χ1v) is 6.98. The van der Waals surface area contributed by atoms with Crippen molar-refractivity contribution in [3.8, 4) is 17.2 Å². The van der Waals surface area contributed by atoms with Crippen molar-refractivity contribution in [2.75, 3.05) is 13.7 Å².